The maximum Gasteiger partial charge on any atom is 0.407 e. The monoisotopic (exact) mass is 477 g/mol. The normalized spacial score (nSPS) is 13.9. The average Bonchev–Trinajstić information content (AvgIpc) is 3.49. The number of imidazole rings is 1. The third-order valence-electron chi connectivity index (χ3n) is 6.08. The van der Waals surface area contributed by atoms with E-state index in [2.05, 4.69) is 17.5 Å². The zero-order valence-corrected chi connectivity index (χ0v) is 19.7. The highest BCUT2D eigenvalue weighted by Gasteiger charge is 2.21. The fourth-order valence-electron chi connectivity index (χ4n) is 4.23. The van der Waals surface area contributed by atoms with E-state index in [4.69, 9.17) is 9.97 Å². The smallest absolute Gasteiger partial charge is 0.407 e. The molecule has 0 saturated carbocycles. The molecule has 174 valence electrons. The first kappa shape index (κ1) is 22.1. The first-order valence-electron chi connectivity index (χ1n) is 11.1. The molecule has 0 saturated heterocycles. The Morgan fingerprint density at radius 2 is 1.94 bits per heavy atom. The van der Waals surface area contributed by atoms with E-state index in [1.807, 2.05) is 35.5 Å². The van der Waals surface area contributed by atoms with Crippen LogP contribution in [0, 0.1) is 5.82 Å². The van der Waals surface area contributed by atoms with Crippen molar-refractivity contribution in [3.63, 3.8) is 0 Å². The molecule has 0 unspecified atom stereocenters. The summed E-state index contributed by atoms with van der Waals surface area (Å²) in [5, 5.41) is 12.0. The molecule has 0 atom stereocenters. The summed E-state index contributed by atoms with van der Waals surface area (Å²) in [7, 11) is 1.98. The fourth-order valence-corrected chi connectivity index (χ4v) is 5.03. The van der Waals surface area contributed by atoms with E-state index < -0.39 is 6.09 Å². The number of hydrogen-bond acceptors (Lipinski definition) is 5. The van der Waals surface area contributed by atoms with E-state index in [-0.39, 0.29) is 5.82 Å². The van der Waals surface area contributed by atoms with Gasteiger partial charge < -0.3 is 14.9 Å². The van der Waals surface area contributed by atoms with E-state index in [1.165, 1.54) is 28.4 Å². The van der Waals surface area contributed by atoms with Crippen LogP contribution in [0.1, 0.15) is 24.6 Å². The van der Waals surface area contributed by atoms with Gasteiger partial charge in [0.2, 0.25) is 0 Å². The Balaban J connectivity index is 1.51. The Labute approximate surface area is 200 Å². The second kappa shape index (κ2) is 8.90. The number of fused-ring (bicyclic) bond motifs is 1. The molecule has 1 amide bonds. The van der Waals surface area contributed by atoms with Crippen LogP contribution in [0.5, 0.6) is 0 Å². The number of hydrogen-bond donors (Lipinski definition) is 1. The summed E-state index contributed by atoms with van der Waals surface area (Å²) in [4.78, 5) is 24.3. The van der Waals surface area contributed by atoms with Crippen molar-refractivity contribution in [3.05, 3.63) is 71.1 Å². The molecule has 7 nitrogen and oxygen atoms in total. The van der Waals surface area contributed by atoms with Crippen molar-refractivity contribution < 1.29 is 14.3 Å². The molecule has 1 aliphatic heterocycles. The summed E-state index contributed by atoms with van der Waals surface area (Å²) in [6, 6.07) is 10.4. The van der Waals surface area contributed by atoms with Gasteiger partial charge in [-0.25, -0.2) is 19.2 Å². The van der Waals surface area contributed by atoms with E-state index in [1.54, 1.807) is 12.1 Å². The van der Waals surface area contributed by atoms with Crippen molar-refractivity contribution in [2.45, 2.75) is 19.8 Å². The van der Waals surface area contributed by atoms with Gasteiger partial charge in [-0.2, -0.15) is 0 Å². The first-order chi connectivity index (χ1) is 16.4. The van der Waals surface area contributed by atoms with Crippen molar-refractivity contribution in [2.24, 2.45) is 0 Å². The highest BCUT2D eigenvalue weighted by atomic mass is 32.1. The number of aryl methyl sites for hydroxylation is 1. The lowest BCUT2D eigenvalue weighted by atomic mass is 10.0. The molecule has 0 bridgehead atoms. The molecular formula is C25H24FN5O2S. The first-order valence-corrected chi connectivity index (χ1v) is 12.0. The summed E-state index contributed by atoms with van der Waals surface area (Å²) >= 11 is 1.53. The van der Waals surface area contributed by atoms with E-state index >= 15 is 0 Å². The molecule has 0 radical (unpaired) electrons. The second-order valence-corrected chi connectivity index (χ2v) is 9.01. The molecule has 0 spiro atoms. The SMILES string of the molecule is CCc1nc2ccc(C3=CCN(C(=O)O)CC3)cn2c1N(C)c1nc(-c2ccc(F)cc2)cs1. The third-order valence-corrected chi connectivity index (χ3v) is 7.00. The Hall–Kier alpha value is -3.72. The summed E-state index contributed by atoms with van der Waals surface area (Å²) in [5.74, 6) is 0.678. The molecule has 3 aromatic heterocycles. The lowest BCUT2D eigenvalue weighted by Crippen LogP contribution is -2.33. The summed E-state index contributed by atoms with van der Waals surface area (Å²) in [6.45, 7) is 2.96. The zero-order chi connectivity index (χ0) is 23.8. The third kappa shape index (κ3) is 4.03. The second-order valence-electron chi connectivity index (χ2n) is 8.17. The van der Waals surface area contributed by atoms with Crippen LogP contribution in [0.4, 0.5) is 20.1 Å². The maximum absolute atomic E-state index is 13.3. The number of aromatic nitrogens is 3. The Bertz CT molecular complexity index is 1390. The number of nitrogens with zero attached hydrogens (tertiary/aromatic N) is 5. The molecule has 34 heavy (non-hydrogen) atoms. The van der Waals surface area contributed by atoms with Gasteiger partial charge >= 0.3 is 6.09 Å². The van der Waals surface area contributed by atoms with E-state index in [9.17, 15) is 14.3 Å². The number of amides is 1. The van der Waals surface area contributed by atoms with Crippen molar-refractivity contribution in [1.29, 1.82) is 0 Å². The minimum Gasteiger partial charge on any atom is -0.465 e. The van der Waals surface area contributed by atoms with Gasteiger partial charge in [-0.05, 0) is 60.4 Å². The molecule has 0 fully saturated rings. The maximum atomic E-state index is 13.3. The molecule has 1 N–H and O–H groups in total. The fraction of sp³-hybridized carbons (Fsp3) is 0.240. The summed E-state index contributed by atoms with van der Waals surface area (Å²) < 4.78 is 15.4. The average molecular weight is 478 g/mol. The van der Waals surface area contributed by atoms with Crippen LogP contribution in [0.3, 0.4) is 0 Å². The molecule has 1 aromatic carbocycles. The molecule has 9 heteroatoms. The van der Waals surface area contributed by atoms with Crippen molar-refractivity contribution >= 4 is 39.6 Å². The van der Waals surface area contributed by atoms with E-state index in [0.717, 1.165) is 51.1 Å². The van der Waals surface area contributed by atoms with Crippen LogP contribution in [0.25, 0.3) is 22.5 Å². The summed E-state index contributed by atoms with van der Waals surface area (Å²) in [6.07, 6.45) is 4.61. The summed E-state index contributed by atoms with van der Waals surface area (Å²) in [5.41, 5.74) is 5.67. The van der Waals surface area contributed by atoms with Gasteiger partial charge in [0.05, 0.1) is 11.4 Å². The van der Waals surface area contributed by atoms with Gasteiger partial charge in [-0.15, -0.1) is 11.3 Å². The predicted octanol–water partition coefficient (Wildman–Crippen LogP) is 5.69. The predicted molar refractivity (Wildman–Crippen MR) is 132 cm³/mol. The van der Waals surface area contributed by atoms with Gasteiger partial charge in [0.1, 0.15) is 17.3 Å². The van der Waals surface area contributed by atoms with Gasteiger partial charge in [-0.3, -0.25) is 4.40 Å². The Kier molecular flexibility index (Phi) is 5.79. The molecule has 4 aromatic rings. The number of halogens is 1. The number of pyridine rings is 1. The largest absolute Gasteiger partial charge is 0.465 e. The van der Waals surface area contributed by atoms with Crippen LogP contribution in [-0.4, -0.2) is 50.6 Å². The molecule has 1 aliphatic rings. The minimum atomic E-state index is -0.889. The van der Waals surface area contributed by atoms with Gasteiger partial charge in [-0.1, -0.05) is 13.0 Å². The Morgan fingerprint density at radius 3 is 2.62 bits per heavy atom. The minimum absolute atomic E-state index is 0.269. The van der Waals surface area contributed by atoms with Crippen LogP contribution in [0.15, 0.2) is 54.1 Å². The zero-order valence-electron chi connectivity index (χ0n) is 18.9. The van der Waals surface area contributed by atoms with Crippen LogP contribution in [0.2, 0.25) is 0 Å². The number of carbonyl (C=O) groups is 1. The number of thiazole rings is 1. The highest BCUT2D eigenvalue weighted by molar-refractivity contribution is 7.14. The van der Waals surface area contributed by atoms with Crippen LogP contribution < -0.4 is 4.90 Å². The van der Waals surface area contributed by atoms with Gasteiger partial charge in [0.15, 0.2) is 5.13 Å². The molecule has 5 rings (SSSR count). The van der Waals surface area contributed by atoms with Crippen molar-refractivity contribution in [1.82, 2.24) is 19.3 Å². The quantitative estimate of drug-likeness (QED) is 0.399. The number of anilines is 2. The lowest BCUT2D eigenvalue weighted by Gasteiger charge is -2.24. The number of carboxylic acid groups (broad SMARTS) is 1. The van der Waals surface area contributed by atoms with E-state index in [0.29, 0.717) is 19.5 Å². The van der Waals surface area contributed by atoms with Crippen molar-refractivity contribution in [3.8, 4) is 11.3 Å². The Morgan fingerprint density at radius 1 is 1.18 bits per heavy atom. The van der Waals surface area contributed by atoms with Gasteiger partial charge in [0, 0.05) is 37.3 Å². The van der Waals surface area contributed by atoms with Crippen LogP contribution in [-0.2, 0) is 6.42 Å². The molecular weight excluding hydrogens is 453 g/mol. The highest BCUT2D eigenvalue weighted by Crippen LogP contribution is 2.34. The standard InChI is InChI=1S/C25H24FN5O2S/c1-3-20-23(29(2)24-28-21(15-34-24)17-4-7-19(26)8-5-17)31-14-18(6-9-22(31)27-20)16-10-12-30(13-11-16)25(32)33/h4-10,14-15H,3,11-13H2,1-2H3,(H,32,33). The number of benzene rings is 1. The molecule has 4 heterocycles. The van der Waals surface area contributed by atoms with Gasteiger partial charge in [0.25, 0.3) is 0 Å². The van der Waals surface area contributed by atoms with Crippen molar-refractivity contribution in [2.75, 3.05) is 25.0 Å². The van der Waals surface area contributed by atoms with Crippen LogP contribution >= 0.6 is 11.3 Å². The number of rotatable bonds is 5. The topological polar surface area (TPSA) is 74.0 Å². The lowest BCUT2D eigenvalue weighted by molar-refractivity contribution is 0.150. The molecule has 0 aliphatic carbocycles.